The second-order valence-electron chi connectivity index (χ2n) is 5.50. The number of pyridine rings is 1. The zero-order valence-corrected chi connectivity index (χ0v) is 14.3. The molecule has 0 bridgehead atoms. The lowest BCUT2D eigenvalue weighted by Crippen LogP contribution is -2.15. The lowest BCUT2D eigenvalue weighted by Gasteiger charge is -2.12. The molecule has 0 unspecified atom stereocenters. The Morgan fingerprint density at radius 1 is 1.29 bits per heavy atom. The van der Waals surface area contributed by atoms with Crippen LogP contribution >= 0.6 is 11.6 Å². The standard InChI is InChI=1S/C17H18ClFN4O/c1-9(2)10-4-6-11(7-5-10)23-17(24)12-8-22-16(21-3)13(14(12)18)15(19)20/h4-9,20H,1-3H3,(H,21,22)(H,23,24). The number of nitrogens with one attached hydrogen (secondary N) is 3. The molecule has 2 aromatic rings. The number of amides is 1. The maximum absolute atomic E-state index is 13.4. The first kappa shape index (κ1) is 17.9. The van der Waals surface area contributed by atoms with Crippen LogP contribution in [0.2, 0.25) is 5.02 Å². The molecule has 0 radical (unpaired) electrons. The molecule has 7 heteroatoms. The zero-order valence-electron chi connectivity index (χ0n) is 13.6. The Morgan fingerprint density at radius 3 is 2.42 bits per heavy atom. The van der Waals surface area contributed by atoms with Gasteiger partial charge in [-0.05, 0) is 23.6 Å². The van der Waals surface area contributed by atoms with Gasteiger partial charge >= 0.3 is 0 Å². The number of carbonyl (C=O) groups excluding carboxylic acids is 1. The summed E-state index contributed by atoms with van der Waals surface area (Å²) in [5.74, 6) is -1.28. The van der Waals surface area contributed by atoms with Gasteiger partial charge in [0.2, 0.25) is 5.97 Å². The monoisotopic (exact) mass is 348 g/mol. The van der Waals surface area contributed by atoms with Crippen molar-refractivity contribution in [3.8, 4) is 0 Å². The number of hydrogen-bond donors (Lipinski definition) is 3. The number of carbonyl (C=O) groups is 1. The van der Waals surface area contributed by atoms with Gasteiger partial charge in [0.25, 0.3) is 5.91 Å². The maximum Gasteiger partial charge on any atom is 0.258 e. The number of anilines is 2. The van der Waals surface area contributed by atoms with Gasteiger partial charge in [0.1, 0.15) is 5.82 Å². The van der Waals surface area contributed by atoms with Gasteiger partial charge in [-0.15, -0.1) is 0 Å². The SMILES string of the molecule is CNc1ncc(C(=O)Nc2ccc(C(C)C)cc2)c(Cl)c1C(=N)F. The first-order valence-electron chi connectivity index (χ1n) is 7.37. The number of halogens is 2. The third kappa shape index (κ3) is 3.71. The molecule has 3 N–H and O–H groups in total. The Hall–Kier alpha value is -2.47. The van der Waals surface area contributed by atoms with Gasteiger partial charge in [0, 0.05) is 18.9 Å². The molecule has 0 spiro atoms. The van der Waals surface area contributed by atoms with Crippen LogP contribution in [0.25, 0.3) is 0 Å². The summed E-state index contributed by atoms with van der Waals surface area (Å²) in [6, 6.07) is 7.42. The minimum absolute atomic E-state index is 0.000928. The first-order chi connectivity index (χ1) is 11.3. The molecule has 1 aromatic carbocycles. The molecule has 5 nitrogen and oxygen atoms in total. The smallest absolute Gasteiger partial charge is 0.258 e. The first-order valence-corrected chi connectivity index (χ1v) is 7.75. The maximum atomic E-state index is 13.4. The predicted octanol–water partition coefficient (Wildman–Crippen LogP) is 4.45. The molecule has 1 aromatic heterocycles. The Labute approximate surface area is 144 Å². The summed E-state index contributed by atoms with van der Waals surface area (Å²) in [6.45, 7) is 4.16. The van der Waals surface area contributed by atoms with Crippen molar-refractivity contribution >= 4 is 35.0 Å². The van der Waals surface area contributed by atoms with E-state index in [9.17, 15) is 9.18 Å². The van der Waals surface area contributed by atoms with Crippen LogP contribution in [0.4, 0.5) is 15.9 Å². The van der Waals surface area contributed by atoms with Gasteiger partial charge in [-0.25, -0.2) is 4.98 Å². The van der Waals surface area contributed by atoms with Crippen LogP contribution in [-0.4, -0.2) is 23.9 Å². The summed E-state index contributed by atoms with van der Waals surface area (Å²) in [5, 5.41) is 12.4. The van der Waals surface area contributed by atoms with E-state index in [1.165, 1.54) is 13.2 Å². The van der Waals surface area contributed by atoms with E-state index in [0.717, 1.165) is 5.56 Å². The van der Waals surface area contributed by atoms with Gasteiger partial charge in [-0.3, -0.25) is 10.2 Å². The Bertz CT molecular complexity index is 775. The van der Waals surface area contributed by atoms with Crippen LogP contribution in [0, 0.1) is 5.41 Å². The van der Waals surface area contributed by atoms with Gasteiger partial charge in [-0.2, -0.15) is 4.39 Å². The van der Waals surface area contributed by atoms with E-state index in [1.54, 1.807) is 12.1 Å². The lowest BCUT2D eigenvalue weighted by molar-refractivity contribution is 0.102. The van der Waals surface area contributed by atoms with E-state index in [-0.39, 0.29) is 22.0 Å². The number of benzene rings is 1. The van der Waals surface area contributed by atoms with Crippen LogP contribution in [0.5, 0.6) is 0 Å². The van der Waals surface area contributed by atoms with Crippen molar-refractivity contribution in [1.82, 2.24) is 4.98 Å². The minimum Gasteiger partial charge on any atom is -0.372 e. The third-order valence-corrected chi connectivity index (χ3v) is 3.94. The second-order valence-corrected chi connectivity index (χ2v) is 5.88. The topological polar surface area (TPSA) is 77.9 Å². The van der Waals surface area contributed by atoms with Gasteiger partial charge in [0.05, 0.1) is 16.1 Å². The third-order valence-electron chi connectivity index (χ3n) is 3.55. The number of nitrogens with zero attached hydrogens (tertiary/aromatic N) is 1. The molecule has 0 aliphatic carbocycles. The fourth-order valence-corrected chi connectivity index (χ4v) is 2.49. The average molecular weight is 349 g/mol. The normalized spacial score (nSPS) is 10.6. The average Bonchev–Trinajstić information content (AvgIpc) is 2.54. The molecule has 1 heterocycles. The highest BCUT2D eigenvalue weighted by molar-refractivity contribution is 6.37. The molecule has 0 aliphatic heterocycles. The highest BCUT2D eigenvalue weighted by atomic mass is 35.5. The van der Waals surface area contributed by atoms with Crippen molar-refractivity contribution in [2.24, 2.45) is 0 Å². The Morgan fingerprint density at radius 2 is 1.92 bits per heavy atom. The quantitative estimate of drug-likeness (QED) is 0.698. The molecular formula is C17H18ClFN4O. The molecular weight excluding hydrogens is 331 g/mol. The summed E-state index contributed by atoms with van der Waals surface area (Å²) < 4.78 is 13.4. The molecule has 0 aliphatic rings. The van der Waals surface area contributed by atoms with Crippen molar-refractivity contribution in [2.75, 3.05) is 17.7 Å². The largest absolute Gasteiger partial charge is 0.372 e. The molecule has 0 atom stereocenters. The molecule has 1 amide bonds. The molecule has 0 saturated carbocycles. The van der Waals surface area contributed by atoms with Crippen molar-refractivity contribution < 1.29 is 9.18 Å². The van der Waals surface area contributed by atoms with Gasteiger partial charge in [0.15, 0.2) is 0 Å². The number of hydrogen-bond acceptors (Lipinski definition) is 4. The van der Waals surface area contributed by atoms with E-state index < -0.39 is 11.9 Å². The summed E-state index contributed by atoms with van der Waals surface area (Å²) in [7, 11) is 1.53. The van der Waals surface area contributed by atoms with Crippen LogP contribution < -0.4 is 10.6 Å². The fourth-order valence-electron chi connectivity index (χ4n) is 2.19. The zero-order chi connectivity index (χ0) is 17.9. The highest BCUT2D eigenvalue weighted by Gasteiger charge is 2.21. The van der Waals surface area contributed by atoms with Crippen molar-refractivity contribution in [3.63, 3.8) is 0 Å². The van der Waals surface area contributed by atoms with Crippen molar-refractivity contribution in [2.45, 2.75) is 19.8 Å². The number of aromatic nitrogens is 1. The molecule has 0 saturated heterocycles. The molecule has 126 valence electrons. The van der Waals surface area contributed by atoms with Crippen LogP contribution in [0.3, 0.4) is 0 Å². The second kappa shape index (κ2) is 7.40. The Kier molecular flexibility index (Phi) is 5.51. The van der Waals surface area contributed by atoms with Crippen LogP contribution in [-0.2, 0) is 0 Å². The van der Waals surface area contributed by atoms with E-state index in [0.29, 0.717) is 11.6 Å². The highest BCUT2D eigenvalue weighted by Crippen LogP contribution is 2.28. The van der Waals surface area contributed by atoms with Gasteiger partial charge < -0.3 is 10.6 Å². The van der Waals surface area contributed by atoms with E-state index in [4.69, 9.17) is 17.0 Å². The van der Waals surface area contributed by atoms with E-state index in [1.807, 2.05) is 12.1 Å². The Balaban J connectivity index is 2.30. The molecule has 24 heavy (non-hydrogen) atoms. The van der Waals surface area contributed by atoms with E-state index in [2.05, 4.69) is 29.5 Å². The lowest BCUT2D eigenvalue weighted by atomic mass is 10.0. The van der Waals surface area contributed by atoms with Crippen LogP contribution in [0.15, 0.2) is 30.5 Å². The fraction of sp³-hybridized carbons (Fsp3) is 0.235. The summed E-state index contributed by atoms with van der Waals surface area (Å²) in [4.78, 5) is 16.3. The molecule has 0 fully saturated rings. The predicted molar refractivity (Wildman–Crippen MR) is 95.2 cm³/mol. The van der Waals surface area contributed by atoms with Crippen LogP contribution in [0.1, 0.15) is 41.3 Å². The number of rotatable bonds is 5. The van der Waals surface area contributed by atoms with Crippen molar-refractivity contribution in [3.05, 3.63) is 52.2 Å². The summed E-state index contributed by atoms with van der Waals surface area (Å²) in [6.07, 6.45) is 1.25. The molecule has 2 rings (SSSR count). The van der Waals surface area contributed by atoms with Crippen molar-refractivity contribution in [1.29, 1.82) is 5.41 Å². The minimum atomic E-state index is -1.26. The van der Waals surface area contributed by atoms with Gasteiger partial charge in [-0.1, -0.05) is 37.6 Å². The summed E-state index contributed by atoms with van der Waals surface area (Å²) >= 11 is 6.09. The van der Waals surface area contributed by atoms with E-state index >= 15 is 0 Å². The summed E-state index contributed by atoms with van der Waals surface area (Å²) in [5.41, 5.74) is 1.51.